The number of aliphatic hydroxyl groups is 1. The molecule has 0 rings (SSSR count). The molecule has 0 saturated carbocycles. The third kappa shape index (κ3) is 11.6. The number of hydrogen-bond acceptors (Lipinski definition) is 1. The van der Waals surface area contributed by atoms with E-state index in [0.29, 0.717) is 0 Å². The van der Waals surface area contributed by atoms with E-state index in [9.17, 15) is 0 Å². The second-order valence-electron chi connectivity index (χ2n) is 0. The van der Waals surface area contributed by atoms with Crippen LogP contribution in [0.15, 0.2) is 0 Å². The van der Waals surface area contributed by atoms with Crippen molar-refractivity contribution in [3.8, 4) is 0 Å². The Labute approximate surface area is 48.8 Å². The summed E-state index contributed by atoms with van der Waals surface area (Å²) in [5.74, 6) is 0. The van der Waals surface area contributed by atoms with Crippen LogP contribution in [0, 0.1) is 0 Å². The molecule has 28 valence electrons. The first-order valence-corrected chi connectivity index (χ1v) is 0.447. The van der Waals surface area contributed by atoms with Crippen molar-refractivity contribution in [1.82, 2.24) is 0 Å². The topological polar surface area (TPSA) is 20.2 Å². The van der Waals surface area contributed by atoms with Gasteiger partial charge in [0.15, 0.2) is 0 Å². The standard InChI is InChI=1S/CH4O.ClH.Sn.2H/c1-2;;;;/h2H,1H3;1H;;;. The first-order valence-electron chi connectivity index (χ1n) is 0.447. The molecule has 0 aliphatic rings. The van der Waals surface area contributed by atoms with Gasteiger partial charge in [0, 0.05) is 7.11 Å². The van der Waals surface area contributed by atoms with Crippen LogP contribution in [0.1, 0.15) is 0 Å². The van der Waals surface area contributed by atoms with E-state index in [1.54, 1.807) is 0 Å². The fourth-order valence-corrected chi connectivity index (χ4v) is 0. The zero-order valence-corrected chi connectivity index (χ0v) is 7.42. The molecule has 0 atom stereocenters. The molecule has 1 nitrogen and oxygen atoms in total. The van der Waals surface area contributed by atoms with Gasteiger partial charge in [-0.1, -0.05) is 0 Å². The van der Waals surface area contributed by atoms with Crippen LogP contribution in [0.4, 0.5) is 0 Å². The van der Waals surface area contributed by atoms with Gasteiger partial charge in [0.1, 0.15) is 0 Å². The van der Waals surface area contributed by atoms with Crippen LogP contribution in [-0.2, 0) is 0 Å². The van der Waals surface area contributed by atoms with Crippen molar-refractivity contribution in [1.29, 1.82) is 0 Å². The van der Waals surface area contributed by atoms with E-state index in [2.05, 4.69) is 0 Å². The van der Waals surface area contributed by atoms with Crippen LogP contribution in [0.2, 0.25) is 0 Å². The normalized spacial score (nSPS) is 1.50. The van der Waals surface area contributed by atoms with Gasteiger partial charge in [-0.15, -0.1) is 12.4 Å². The maximum absolute atomic E-state index is 7.00. The Morgan fingerprint density at radius 2 is 1.25 bits per heavy atom. The number of aliphatic hydroxyl groups excluding tert-OH is 1. The van der Waals surface area contributed by atoms with Crippen LogP contribution >= 0.6 is 12.4 Å². The minimum atomic E-state index is 0. The molecule has 0 spiro atoms. The fraction of sp³-hybridized carbons (Fsp3) is 1.00. The molecule has 2 radical (unpaired) electrons. The van der Waals surface area contributed by atoms with E-state index in [1.807, 2.05) is 0 Å². The van der Waals surface area contributed by atoms with Gasteiger partial charge in [0.2, 0.25) is 0 Å². The van der Waals surface area contributed by atoms with Crippen molar-refractivity contribution in [3.63, 3.8) is 0 Å². The Bertz CT molecular complexity index is 8.00. The van der Waals surface area contributed by atoms with Gasteiger partial charge in [-0.05, 0) is 0 Å². The molecule has 0 heterocycles. The summed E-state index contributed by atoms with van der Waals surface area (Å²) in [5, 5.41) is 7.00. The molecule has 0 aromatic heterocycles. The summed E-state index contributed by atoms with van der Waals surface area (Å²) >= 11 is 0. The number of rotatable bonds is 0. The van der Waals surface area contributed by atoms with Crippen molar-refractivity contribution in [2.75, 3.05) is 7.11 Å². The van der Waals surface area contributed by atoms with Crippen LogP contribution in [0.5, 0.6) is 0 Å². The second kappa shape index (κ2) is 34.2. The predicted octanol–water partition coefficient (Wildman–Crippen LogP) is -0.886. The van der Waals surface area contributed by atoms with Crippen molar-refractivity contribution in [2.45, 2.75) is 0 Å². The molecule has 0 fully saturated rings. The van der Waals surface area contributed by atoms with Crippen molar-refractivity contribution >= 4 is 36.3 Å². The fourth-order valence-electron chi connectivity index (χ4n) is 0. The Hall–Kier alpha value is 1.05. The Balaban J connectivity index is -0.00000000500. The van der Waals surface area contributed by atoms with E-state index < -0.39 is 0 Å². The summed E-state index contributed by atoms with van der Waals surface area (Å²) in [7, 11) is 1.00. The summed E-state index contributed by atoms with van der Waals surface area (Å²) in [6.07, 6.45) is 0. The Morgan fingerprint density at radius 1 is 1.25 bits per heavy atom. The molecule has 1 N–H and O–H groups in total. The first-order chi connectivity index (χ1) is 1.00. The average Bonchev–Trinajstić information content (AvgIpc) is 1.00. The van der Waals surface area contributed by atoms with Crippen molar-refractivity contribution < 1.29 is 5.11 Å². The molecule has 0 aromatic rings. The van der Waals surface area contributed by atoms with Crippen molar-refractivity contribution in [2.24, 2.45) is 0 Å². The van der Waals surface area contributed by atoms with E-state index in [1.165, 1.54) is 0 Å². The third-order valence-corrected chi connectivity index (χ3v) is 0. The van der Waals surface area contributed by atoms with Gasteiger partial charge in [-0.25, -0.2) is 0 Å². The third-order valence-electron chi connectivity index (χ3n) is 0. The van der Waals surface area contributed by atoms with E-state index >= 15 is 0 Å². The SMILES string of the molecule is CO.Cl.[SnH2]. The molecule has 0 saturated heterocycles. The van der Waals surface area contributed by atoms with Crippen LogP contribution in [0.3, 0.4) is 0 Å². The number of halogens is 1. The zero-order chi connectivity index (χ0) is 2.00. The van der Waals surface area contributed by atoms with E-state index in [0.717, 1.165) is 7.11 Å². The summed E-state index contributed by atoms with van der Waals surface area (Å²) in [6.45, 7) is 0. The second-order valence-corrected chi connectivity index (χ2v) is 0. The molecule has 3 heteroatoms. The molecular weight excluding hydrogens is 182 g/mol. The monoisotopic (exact) mass is 190 g/mol. The summed E-state index contributed by atoms with van der Waals surface area (Å²) in [4.78, 5) is 0. The van der Waals surface area contributed by atoms with Gasteiger partial charge in [-0.3, -0.25) is 0 Å². The molecule has 4 heavy (non-hydrogen) atoms. The molecule has 0 aliphatic heterocycles. The van der Waals surface area contributed by atoms with E-state index in [-0.39, 0.29) is 36.3 Å². The van der Waals surface area contributed by atoms with E-state index in [4.69, 9.17) is 5.11 Å². The maximum atomic E-state index is 7.00. The van der Waals surface area contributed by atoms with Crippen LogP contribution < -0.4 is 0 Å². The Kier molecular flexibility index (Phi) is 169. The molecule has 0 bridgehead atoms. The van der Waals surface area contributed by atoms with Gasteiger partial charge in [0.25, 0.3) is 0 Å². The molecule has 0 aliphatic carbocycles. The summed E-state index contributed by atoms with van der Waals surface area (Å²) in [5.41, 5.74) is 0. The summed E-state index contributed by atoms with van der Waals surface area (Å²) in [6, 6.07) is 0. The molecule has 0 amide bonds. The van der Waals surface area contributed by atoms with Crippen LogP contribution in [0.25, 0.3) is 0 Å². The first kappa shape index (κ1) is 19.7. The summed E-state index contributed by atoms with van der Waals surface area (Å²) < 4.78 is 0. The van der Waals surface area contributed by atoms with Crippen molar-refractivity contribution in [3.05, 3.63) is 0 Å². The quantitative estimate of drug-likeness (QED) is 0.490. The van der Waals surface area contributed by atoms with Crippen LogP contribution in [-0.4, -0.2) is 36.1 Å². The molecular formula is CH7ClOSn. The molecule has 0 aromatic carbocycles. The van der Waals surface area contributed by atoms with Gasteiger partial charge in [0.05, 0.1) is 0 Å². The predicted molar refractivity (Wildman–Crippen MR) is 23.9 cm³/mol. The molecule has 0 unspecified atom stereocenters. The van der Waals surface area contributed by atoms with Gasteiger partial charge in [-0.2, -0.15) is 0 Å². The van der Waals surface area contributed by atoms with Gasteiger partial charge < -0.3 is 5.11 Å². The Morgan fingerprint density at radius 3 is 1.25 bits per heavy atom. The zero-order valence-electron chi connectivity index (χ0n) is 2.56. The van der Waals surface area contributed by atoms with Gasteiger partial charge >= 0.3 is 23.9 Å². The minimum absolute atomic E-state index is 0. The average molecular weight is 189 g/mol. The number of hydrogen-bond donors (Lipinski definition) is 1.